The number of hydrogen-bond acceptors (Lipinski definition) is 8. The fourth-order valence-corrected chi connectivity index (χ4v) is 6.73. The molecule has 1 saturated heterocycles. The smallest absolute Gasteiger partial charge is 0.330 e. The number of nitrogens with one attached hydrogen (secondary N) is 2. The van der Waals surface area contributed by atoms with E-state index in [-0.39, 0.29) is 18.6 Å². The van der Waals surface area contributed by atoms with Gasteiger partial charge in [0.25, 0.3) is 5.56 Å². The third-order valence-electron chi connectivity index (χ3n) is 6.03. The van der Waals surface area contributed by atoms with Gasteiger partial charge in [0, 0.05) is 23.6 Å². The molecular formula is C26H32N3O7PS. The van der Waals surface area contributed by atoms with Crippen molar-refractivity contribution in [3.8, 4) is 5.75 Å². The number of carbonyl (C=O) groups is 1. The van der Waals surface area contributed by atoms with Gasteiger partial charge in [-0.3, -0.25) is 19.1 Å². The Bertz CT molecular complexity index is 1450. The topological polar surface area (TPSA) is 121 Å². The van der Waals surface area contributed by atoms with Crippen molar-refractivity contribution in [3.05, 3.63) is 75.6 Å². The predicted octanol–water partition coefficient (Wildman–Crippen LogP) is 3.86. The van der Waals surface area contributed by atoms with Crippen LogP contribution < -0.4 is 20.9 Å². The lowest BCUT2D eigenvalue weighted by Gasteiger charge is -2.28. The van der Waals surface area contributed by atoms with Gasteiger partial charge in [-0.05, 0) is 50.5 Å². The number of H-pyrrole nitrogens is 1. The van der Waals surface area contributed by atoms with Crippen molar-refractivity contribution in [1.29, 1.82) is 0 Å². The number of rotatable bonds is 10. The molecule has 4 rings (SSSR count). The van der Waals surface area contributed by atoms with Gasteiger partial charge >= 0.3 is 18.3 Å². The van der Waals surface area contributed by atoms with Crippen LogP contribution in [0.1, 0.15) is 40.3 Å². The van der Waals surface area contributed by atoms with Gasteiger partial charge in [-0.15, -0.1) is 0 Å². The van der Waals surface area contributed by atoms with E-state index in [1.165, 1.54) is 16.8 Å². The second kappa shape index (κ2) is 11.9. The Hall–Kier alpha value is -2.82. The maximum Gasteiger partial charge on any atom is 0.330 e. The standard InChI is InChI=1S/C26H32N3O7PS/c1-16(2)34-25(31)18(4)28-37(38,36-22-11-7-9-19-8-5-6-10-21(19)22)33-15-20-14-17(3)24(35-20)29-13-12-23(30)27-26(29)32/h5-13,16-18,20,24H,14-15H2,1-4H3,(H,28,38)(H,27,30,32)/t17-,18-,20-,24+,37?/m0/s1. The van der Waals surface area contributed by atoms with Gasteiger partial charge in [0.1, 0.15) is 18.0 Å². The molecule has 5 atom stereocenters. The van der Waals surface area contributed by atoms with E-state index in [1.54, 1.807) is 26.8 Å². The van der Waals surface area contributed by atoms with E-state index in [1.807, 2.05) is 43.3 Å². The highest BCUT2D eigenvalue weighted by atomic mass is 32.5. The normalized spacial score (nSPS) is 21.8. The van der Waals surface area contributed by atoms with E-state index in [0.717, 1.165) is 10.8 Å². The molecule has 204 valence electrons. The second-order valence-electron chi connectivity index (χ2n) is 9.58. The van der Waals surface area contributed by atoms with Crippen LogP contribution in [0.5, 0.6) is 5.75 Å². The number of esters is 1. The molecule has 10 nitrogen and oxygen atoms in total. The lowest BCUT2D eigenvalue weighted by Crippen LogP contribution is -2.36. The highest BCUT2D eigenvalue weighted by molar-refractivity contribution is 8.09. The minimum atomic E-state index is -3.29. The average molecular weight is 562 g/mol. The molecular weight excluding hydrogens is 529 g/mol. The van der Waals surface area contributed by atoms with Gasteiger partial charge < -0.3 is 18.5 Å². The first-order valence-corrected chi connectivity index (χ1v) is 15.1. The Kier molecular flexibility index (Phi) is 8.85. The highest BCUT2D eigenvalue weighted by Crippen LogP contribution is 2.48. The third kappa shape index (κ3) is 6.78. The molecule has 12 heteroatoms. The van der Waals surface area contributed by atoms with Crippen molar-refractivity contribution in [1.82, 2.24) is 14.6 Å². The van der Waals surface area contributed by atoms with Crippen LogP contribution in [0.15, 0.2) is 64.3 Å². The summed E-state index contributed by atoms with van der Waals surface area (Å²) in [4.78, 5) is 38.5. The molecule has 38 heavy (non-hydrogen) atoms. The molecule has 1 fully saturated rings. The summed E-state index contributed by atoms with van der Waals surface area (Å²) >= 11 is 5.88. The maximum atomic E-state index is 12.5. The zero-order valence-electron chi connectivity index (χ0n) is 21.7. The molecule has 1 aromatic heterocycles. The molecule has 0 amide bonds. The number of aromatic amines is 1. The SMILES string of the molecule is CC(C)OC(=O)[C@H](C)NP(=S)(OC[C@@H]1C[C@H](C)[C@H](n2ccc(=O)[nH]c2=O)O1)Oc1cccc2ccccc12. The van der Waals surface area contributed by atoms with Gasteiger partial charge in [0.15, 0.2) is 0 Å². The van der Waals surface area contributed by atoms with Crippen molar-refractivity contribution in [2.45, 2.75) is 58.6 Å². The minimum Gasteiger partial charge on any atom is -0.462 e. The van der Waals surface area contributed by atoms with Crippen LogP contribution in [0, 0.1) is 5.92 Å². The summed E-state index contributed by atoms with van der Waals surface area (Å²) in [6.07, 6.45) is 0.754. The zero-order chi connectivity index (χ0) is 27.4. The second-order valence-corrected chi connectivity index (χ2v) is 12.7. The molecule has 0 saturated carbocycles. The summed E-state index contributed by atoms with van der Waals surface area (Å²) in [5.41, 5.74) is -1.02. The number of nitrogens with zero attached hydrogens (tertiary/aromatic N) is 1. The van der Waals surface area contributed by atoms with Crippen LogP contribution in [-0.4, -0.2) is 40.4 Å². The highest BCUT2D eigenvalue weighted by Gasteiger charge is 2.36. The van der Waals surface area contributed by atoms with Gasteiger partial charge in [-0.2, -0.15) is 0 Å². The van der Waals surface area contributed by atoms with Gasteiger partial charge in [-0.25, -0.2) is 9.88 Å². The summed E-state index contributed by atoms with van der Waals surface area (Å²) < 4.78 is 25.3. The van der Waals surface area contributed by atoms with E-state index in [2.05, 4.69) is 10.1 Å². The average Bonchev–Trinajstić information content (AvgIpc) is 3.23. The molecule has 0 spiro atoms. The Morgan fingerprint density at radius 3 is 2.66 bits per heavy atom. The van der Waals surface area contributed by atoms with Gasteiger partial charge in [-0.1, -0.05) is 43.3 Å². The fourth-order valence-electron chi connectivity index (χ4n) is 4.29. The van der Waals surface area contributed by atoms with Crippen LogP contribution in [0.3, 0.4) is 0 Å². The van der Waals surface area contributed by atoms with Crippen molar-refractivity contribution in [2.75, 3.05) is 6.61 Å². The van der Waals surface area contributed by atoms with E-state index in [9.17, 15) is 14.4 Å². The van der Waals surface area contributed by atoms with E-state index in [4.69, 9.17) is 30.3 Å². The number of benzene rings is 2. The van der Waals surface area contributed by atoms with Gasteiger partial charge in [0.05, 0.1) is 18.8 Å². The van der Waals surface area contributed by atoms with Crippen LogP contribution in [0.4, 0.5) is 0 Å². The molecule has 0 bridgehead atoms. The van der Waals surface area contributed by atoms with E-state index < -0.39 is 42.2 Å². The van der Waals surface area contributed by atoms with Crippen LogP contribution in [0.25, 0.3) is 10.8 Å². The van der Waals surface area contributed by atoms with Crippen LogP contribution >= 0.6 is 6.64 Å². The lowest BCUT2D eigenvalue weighted by molar-refractivity contribution is -0.149. The molecule has 1 aliphatic rings. The lowest BCUT2D eigenvalue weighted by atomic mass is 10.1. The number of ether oxygens (including phenoxy) is 2. The molecule has 0 radical (unpaired) electrons. The van der Waals surface area contributed by atoms with Crippen molar-refractivity contribution in [2.24, 2.45) is 5.92 Å². The number of hydrogen-bond donors (Lipinski definition) is 2. The summed E-state index contributed by atoms with van der Waals surface area (Å²) in [5.74, 6) is 0.0290. The molecule has 1 aliphatic heterocycles. The quantitative estimate of drug-likeness (QED) is 0.281. The molecule has 3 aromatic rings. The van der Waals surface area contributed by atoms with E-state index in [0.29, 0.717) is 12.2 Å². The number of carbonyl (C=O) groups excluding carboxylic acids is 1. The Balaban J connectivity index is 1.53. The first kappa shape index (κ1) is 28.2. The van der Waals surface area contributed by atoms with Crippen molar-refractivity contribution >= 4 is 35.2 Å². The maximum absolute atomic E-state index is 12.5. The Labute approximate surface area is 225 Å². The molecule has 1 unspecified atom stereocenters. The monoisotopic (exact) mass is 561 g/mol. The Morgan fingerprint density at radius 1 is 1.18 bits per heavy atom. The van der Waals surface area contributed by atoms with Crippen LogP contribution in [-0.2, 0) is 30.6 Å². The molecule has 2 N–H and O–H groups in total. The molecule has 2 heterocycles. The summed E-state index contributed by atoms with van der Waals surface area (Å²) in [5, 5.41) is 4.89. The third-order valence-corrected chi connectivity index (χ3v) is 8.52. The predicted molar refractivity (Wildman–Crippen MR) is 148 cm³/mol. The number of aromatic nitrogens is 2. The van der Waals surface area contributed by atoms with Crippen LogP contribution in [0.2, 0.25) is 0 Å². The van der Waals surface area contributed by atoms with Crippen molar-refractivity contribution in [3.63, 3.8) is 0 Å². The molecule has 2 aromatic carbocycles. The number of fused-ring (bicyclic) bond motifs is 1. The minimum absolute atomic E-state index is 0.0306. The van der Waals surface area contributed by atoms with Gasteiger partial charge in [0.2, 0.25) is 0 Å². The Morgan fingerprint density at radius 2 is 1.92 bits per heavy atom. The van der Waals surface area contributed by atoms with E-state index >= 15 is 0 Å². The summed E-state index contributed by atoms with van der Waals surface area (Å²) in [7, 11) is 0. The fraction of sp³-hybridized carbons (Fsp3) is 0.423. The van der Waals surface area contributed by atoms with Crippen molar-refractivity contribution < 1.29 is 23.3 Å². The summed E-state index contributed by atoms with van der Waals surface area (Å²) in [6.45, 7) is 3.92. The first-order valence-electron chi connectivity index (χ1n) is 12.4. The first-order chi connectivity index (χ1) is 18.0. The summed E-state index contributed by atoms with van der Waals surface area (Å²) in [6, 6.07) is 13.9. The zero-order valence-corrected chi connectivity index (χ0v) is 23.4. The molecule has 0 aliphatic carbocycles. The largest absolute Gasteiger partial charge is 0.462 e.